The molecule has 3 rings (SSSR count). The van der Waals surface area contributed by atoms with E-state index in [1.807, 2.05) is 43.3 Å². The van der Waals surface area contributed by atoms with Crippen LogP contribution in [0.4, 0.5) is 0 Å². The lowest BCUT2D eigenvalue weighted by Crippen LogP contribution is -2.17. The molecular weight excluding hydrogens is 378 g/mol. The number of carbonyl (C=O) groups excluding carboxylic acids is 1. The minimum Gasteiger partial charge on any atom is -0.333 e. The van der Waals surface area contributed by atoms with Crippen molar-refractivity contribution in [2.75, 3.05) is 0 Å². The Bertz CT molecular complexity index is 994. The van der Waals surface area contributed by atoms with Crippen LogP contribution in [0, 0.1) is 19.3 Å². The highest BCUT2D eigenvalue weighted by Gasteiger charge is 2.11. The lowest BCUT2D eigenvalue weighted by atomic mass is 10.1. The molecule has 0 atom stereocenters. The first-order chi connectivity index (χ1) is 12.1. The molecule has 0 fully saturated rings. The number of para-hydroxylation sites is 1. The Morgan fingerprint density at radius 2 is 2.00 bits per heavy atom. The molecule has 1 amide bonds. The molecule has 4 nitrogen and oxygen atoms in total. The van der Waals surface area contributed by atoms with Crippen molar-refractivity contribution < 1.29 is 4.79 Å². The summed E-state index contributed by atoms with van der Waals surface area (Å²) >= 11 is 3.35. The van der Waals surface area contributed by atoms with Crippen LogP contribution < -0.4 is 5.43 Å². The molecule has 0 unspecified atom stereocenters. The average Bonchev–Trinajstić information content (AvgIpc) is 2.88. The number of fused-ring (bicyclic) bond motifs is 1. The maximum absolute atomic E-state index is 12.1. The predicted octanol–water partition coefficient (Wildman–Crippen LogP) is 4.11. The highest BCUT2D eigenvalue weighted by Crippen LogP contribution is 2.24. The number of rotatable bonds is 4. The molecule has 5 heteroatoms. The molecule has 0 spiro atoms. The van der Waals surface area contributed by atoms with E-state index >= 15 is 0 Å². The van der Waals surface area contributed by atoms with Gasteiger partial charge in [0.2, 0.25) is 0 Å². The minimum absolute atomic E-state index is 0.256. The van der Waals surface area contributed by atoms with Gasteiger partial charge in [0.25, 0.3) is 5.91 Å². The van der Waals surface area contributed by atoms with Crippen LogP contribution in [-0.4, -0.2) is 16.7 Å². The maximum Gasteiger partial charge on any atom is 0.271 e. The molecule has 0 aliphatic rings. The number of benzene rings is 2. The van der Waals surface area contributed by atoms with E-state index in [4.69, 9.17) is 6.42 Å². The van der Waals surface area contributed by atoms with E-state index in [-0.39, 0.29) is 5.91 Å². The van der Waals surface area contributed by atoms with Crippen molar-refractivity contribution in [3.63, 3.8) is 0 Å². The van der Waals surface area contributed by atoms with Crippen LogP contribution in [0.1, 0.15) is 21.6 Å². The summed E-state index contributed by atoms with van der Waals surface area (Å²) in [5.74, 6) is 2.42. The topological polar surface area (TPSA) is 46.4 Å². The molecule has 0 saturated carbocycles. The number of nitrogens with one attached hydrogen (secondary N) is 1. The molecule has 1 N–H and O–H groups in total. The lowest BCUT2D eigenvalue weighted by Gasteiger charge is -2.02. The van der Waals surface area contributed by atoms with Crippen LogP contribution in [0.2, 0.25) is 0 Å². The fraction of sp³-hybridized carbons (Fsp3) is 0.100. The third-order valence-electron chi connectivity index (χ3n) is 4.00. The molecule has 0 radical (unpaired) electrons. The number of hydrogen-bond donors (Lipinski definition) is 1. The van der Waals surface area contributed by atoms with Crippen molar-refractivity contribution in [2.45, 2.75) is 13.5 Å². The smallest absolute Gasteiger partial charge is 0.271 e. The number of amides is 1. The van der Waals surface area contributed by atoms with E-state index in [0.29, 0.717) is 12.1 Å². The van der Waals surface area contributed by atoms with E-state index in [9.17, 15) is 4.79 Å². The molecule has 124 valence electrons. The lowest BCUT2D eigenvalue weighted by molar-refractivity contribution is 0.0955. The number of hydrazone groups is 1. The monoisotopic (exact) mass is 393 g/mol. The Hall–Kier alpha value is -2.84. The molecular formula is C20H16BrN3O. The molecule has 0 aliphatic heterocycles. The molecule has 3 aromatic rings. The first kappa shape index (κ1) is 17.0. The third-order valence-corrected chi connectivity index (χ3v) is 4.52. The molecule has 25 heavy (non-hydrogen) atoms. The van der Waals surface area contributed by atoms with Gasteiger partial charge in [0.15, 0.2) is 0 Å². The Balaban J connectivity index is 1.86. The Morgan fingerprint density at radius 1 is 1.28 bits per heavy atom. The highest BCUT2D eigenvalue weighted by molar-refractivity contribution is 9.10. The van der Waals surface area contributed by atoms with Crippen LogP contribution in [0.25, 0.3) is 10.9 Å². The van der Waals surface area contributed by atoms with Gasteiger partial charge in [-0.2, -0.15) is 5.10 Å². The van der Waals surface area contributed by atoms with Gasteiger partial charge in [0, 0.05) is 32.2 Å². The Morgan fingerprint density at radius 3 is 2.72 bits per heavy atom. The normalized spacial score (nSPS) is 10.9. The van der Waals surface area contributed by atoms with Crippen molar-refractivity contribution in [3.05, 3.63) is 69.8 Å². The molecule has 0 bridgehead atoms. The largest absolute Gasteiger partial charge is 0.333 e. The quantitative estimate of drug-likeness (QED) is 0.404. The summed E-state index contributed by atoms with van der Waals surface area (Å²) < 4.78 is 2.98. The van der Waals surface area contributed by atoms with Gasteiger partial charge < -0.3 is 4.57 Å². The van der Waals surface area contributed by atoms with Crippen LogP contribution in [0.15, 0.2) is 58.1 Å². The summed E-state index contributed by atoms with van der Waals surface area (Å²) in [6.07, 6.45) is 7.15. The third kappa shape index (κ3) is 3.49. The SMILES string of the molecule is C#CCn1c(C)c(/C=N\NC(=O)c2ccc(Br)cc2)c2ccccc21. The zero-order chi connectivity index (χ0) is 17.8. The maximum atomic E-state index is 12.1. The van der Waals surface area contributed by atoms with Crippen LogP contribution >= 0.6 is 15.9 Å². The second-order valence-corrected chi connectivity index (χ2v) is 6.43. The van der Waals surface area contributed by atoms with Crippen molar-refractivity contribution in [1.29, 1.82) is 0 Å². The van der Waals surface area contributed by atoms with E-state index < -0.39 is 0 Å². The number of aromatic nitrogens is 1. The summed E-state index contributed by atoms with van der Waals surface area (Å²) in [5, 5.41) is 5.18. The molecule has 1 heterocycles. The van der Waals surface area contributed by atoms with Gasteiger partial charge in [0.05, 0.1) is 12.8 Å². The number of halogens is 1. The van der Waals surface area contributed by atoms with E-state index in [1.165, 1.54) is 0 Å². The van der Waals surface area contributed by atoms with Crippen molar-refractivity contribution >= 4 is 39.0 Å². The van der Waals surface area contributed by atoms with Crippen molar-refractivity contribution in [2.24, 2.45) is 5.10 Å². The molecule has 0 aliphatic carbocycles. The average molecular weight is 394 g/mol. The first-order valence-electron chi connectivity index (χ1n) is 7.72. The second-order valence-electron chi connectivity index (χ2n) is 5.51. The van der Waals surface area contributed by atoms with E-state index in [2.05, 4.69) is 36.9 Å². The fourth-order valence-corrected chi connectivity index (χ4v) is 3.00. The zero-order valence-electron chi connectivity index (χ0n) is 13.7. The van der Waals surface area contributed by atoms with Crippen molar-refractivity contribution in [3.8, 4) is 12.3 Å². The molecule has 1 aromatic heterocycles. The summed E-state index contributed by atoms with van der Waals surface area (Å²) in [4.78, 5) is 12.1. The van der Waals surface area contributed by atoms with Gasteiger partial charge in [-0.25, -0.2) is 5.43 Å². The molecule has 2 aromatic carbocycles. The van der Waals surface area contributed by atoms with E-state index in [1.54, 1.807) is 18.3 Å². The summed E-state index contributed by atoms with van der Waals surface area (Å²) in [6.45, 7) is 2.49. The first-order valence-corrected chi connectivity index (χ1v) is 8.51. The van der Waals surface area contributed by atoms with Gasteiger partial charge in [-0.15, -0.1) is 6.42 Å². The Kier molecular flexibility index (Phi) is 5.01. The second kappa shape index (κ2) is 7.37. The number of carbonyl (C=O) groups is 1. The van der Waals surface area contributed by atoms with Crippen LogP contribution in [-0.2, 0) is 6.54 Å². The predicted molar refractivity (Wildman–Crippen MR) is 105 cm³/mol. The van der Waals surface area contributed by atoms with Crippen LogP contribution in [0.3, 0.4) is 0 Å². The number of hydrogen-bond acceptors (Lipinski definition) is 2. The van der Waals surface area contributed by atoms with Crippen molar-refractivity contribution in [1.82, 2.24) is 9.99 Å². The summed E-state index contributed by atoms with van der Waals surface area (Å²) in [5.41, 5.74) is 6.13. The Labute approximate surface area is 154 Å². The van der Waals surface area contributed by atoms with Gasteiger partial charge in [-0.3, -0.25) is 4.79 Å². The molecule has 0 saturated heterocycles. The summed E-state index contributed by atoms with van der Waals surface area (Å²) in [6, 6.07) is 15.1. The van der Waals surface area contributed by atoms with Gasteiger partial charge >= 0.3 is 0 Å². The highest BCUT2D eigenvalue weighted by atomic mass is 79.9. The van der Waals surface area contributed by atoms with Gasteiger partial charge in [0.1, 0.15) is 0 Å². The number of terminal acetylenes is 1. The van der Waals surface area contributed by atoms with Gasteiger partial charge in [-0.1, -0.05) is 40.0 Å². The van der Waals surface area contributed by atoms with Gasteiger partial charge in [-0.05, 0) is 37.3 Å². The summed E-state index contributed by atoms with van der Waals surface area (Å²) in [7, 11) is 0. The standard InChI is InChI=1S/C20H16BrN3O/c1-3-12-24-14(2)18(17-6-4-5-7-19(17)24)13-22-23-20(25)15-8-10-16(21)11-9-15/h1,4-11,13H,12H2,2H3,(H,23,25)/b22-13-. The van der Waals surface area contributed by atoms with E-state index in [0.717, 1.165) is 26.6 Å². The fourth-order valence-electron chi connectivity index (χ4n) is 2.74. The van der Waals surface area contributed by atoms with Crippen LogP contribution in [0.5, 0.6) is 0 Å². The number of nitrogens with zero attached hydrogens (tertiary/aromatic N) is 2. The zero-order valence-corrected chi connectivity index (χ0v) is 15.2. The minimum atomic E-state index is -0.256.